The Morgan fingerprint density at radius 2 is 2.07 bits per heavy atom. The number of likely N-dealkylation sites (tertiary alicyclic amines) is 1. The summed E-state index contributed by atoms with van der Waals surface area (Å²) in [5.41, 5.74) is 1.39. The molecule has 6 heteroatoms. The van der Waals surface area contributed by atoms with Gasteiger partial charge in [0.2, 0.25) is 5.89 Å². The fourth-order valence-corrected chi connectivity index (χ4v) is 5.57. The Labute approximate surface area is 160 Å². The molecule has 1 aromatic carbocycles. The van der Waals surface area contributed by atoms with Gasteiger partial charge in [-0.3, -0.25) is 9.80 Å². The first-order valence-corrected chi connectivity index (χ1v) is 10.2. The Hall–Kier alpha value is -1.92. The van der Waals surface area contributed by atoms with Gasteiger partial charge >= 0.3 is 0 Å². The lowest BCUT2D eigenvalue weighted by molar-refractivity contribution is -0.00943. The van der Waals surface area contributed by atoms with E-state index in [-0.39, 0.29) is 0 Å². The van der Waals surface area contributed by atoms with Crippen molar-refractivity contribution >= 4 is 0 Å². The number of ether oxygens (including phenoxy) is 1. The summed E-state index contributed by atoms with van der Waals surface area (Å²) in [4.78, 5) is 9.91. The molecule has 144 valence electrons. The summed E-state index contributed by atoms with van der Waals surface area (Å²) in [5.74, 6) is 3.80. The maximum atomic E-state index is 5.49. The van der Waals surface area contributed by atoms with Crippen molar-refractivity contribution in [3.05, 3.63) is 41.5 Å². The third kappa shape index (κ3) is 2.95. The number of benzene rings is 1. The number of hydrogen-bond donors (Lipinski definition) is 0. The molecule has 4 fully saturated rings. The molecule has 0 radical (unpaired) electrons. The van der Waals surface area contributed by atoms with E-state index in [1.807, 2.05) is 6.07 Å². The predicted octanol–water partition coefficient (Wildman–Crippen LogP) is 2.70. The molecule has 2 bridgehead atoms. The van der Waals surface area contributed by atoms with Crippen molar-refractivity contribution in [1.82, 2.24) is 19.9 Å². The highest BCUT2D eigenvalue weighted by Crippen LogP contribution is 2.47. The van der Waals surface area contributed by atoms with Gasteiger partial charge in [-0.15, -0.1) is 0 Å². The Morgan fingerprint density at radius 1 is 1.22 bits per heavy atom. The van der Waals surface area contributed by atoms with Crippen molar-refractivity contribution in [2.24, 2.45) is 5.92 Å². The zero-order chi connectivity index (χ0) is 18.4. The summed E-state index contributed by atoms with van der Waals surface area (Å²) in [6.07, 6.45) is 3.42. The molecule has 0 N–H and O–H groups in total. The molecule has 4 aliphatic heterocycles. The van der Waals surface area contributed by atoms with Gasteiger partial charge in [0, 0.05) is 31.0 Å². The second kappa shape index (κ2) is 6.91. The Morgan fingerprint density at radius 3 is 2.81 bits per heavy atom. The van der Waals surface area contributed by atoms with Crippen molar-refractivity contribution < 1.29 is 9.26 Å². The Bertz CT molecular complexity index is 799. The van der Waals surface area contributed by atoms with Crippen molar-refractivity contribution in [2.45, 2.75) is 50.7 Å². The van der Waals surface area contributed by atoms with Crippen LogP contribution in [0.2, 0.25) is 0 Å². The van der Waals surface area contributed by atoms with E-state index in [1.54, 1.807) is 7.11 Å². The van der Waals surface area contributed by atoms with Crippen LogP contribution in [0.3, 0.4) is 0 Å². The monoisotopic (exact) mass is 368 g/mol. The second-order valence-corrected chi connectivity index (χ2v) is 8.13. The Kier molecular flexibility index (Phi) is 4.40. The minimum Gasteiger partial charge on any atom is -0.497 e. The molecule has 2 aromatic rings. The zero-order valence-electron chi connectivity index (χ0n) is 16.2. The van der Waals surface area contributed by atoms with Gasteiger partial charge in [-0.2, -0.15) is 4.98 Å². The first kappa shape index (κ1) is 17.2. The number of nitrogens with zero attached hydrogens (tertiary/aromatic N) is 4. The van der Waals surface area contributed by atoms with Crippen LogP contribution in [-0.4, -0.2) is 58.8 Å². The van der Waals surface area contributed by atoms with Gasteiger partial charge < -0.3 is 9.26 Å². The lowest BCUT2D eigenvalue weighted by atomic mass is 9.75. The van der Waals surface area contributed by atoms with Crippen LogP contribution in [0.5, 0.6) is 5.75 Å². The molecule has 3 atom stereocenters. The molecule has 4 saturated heterocycles. The second-order valence-electron chi connectivity index (χ2n) is 8.13. The molecule has 6 rings (SSSR count). The molecule has 0 aliphatic carbocycles. The van der Waals surface area contributed by atoms with E-state index in [0.29, 0.717) is 18.0 Å². The van der Waals surface area contributed by atoms with E-state index in [1.165, 1.54) is 31.5 Å². The summed E-state index contributed by atoms with van der Waals surface area (Å²) in [5, 5.41) is 4.21. The molecular weight excluding hydrogens is 340 g/mol. The highest BCUT2D eigenvalue weighted by atomic mass is 16.5. The average Bonchev–Trinajstić information content (AvgIpc) is 3.35. The normalized spacial score (nSPS) is 32.6. The number of hydrogen-bond acceptors (Lipinski definition) is 6. The number of methoxy groups -OCH3 is 1. The first-order chi connectivity index (χ1) is 13.3. The summed E-state index contributed by atoms with van der Waals surface area (Å²) in [6, 6.07) is 9.81. The molecular formula is C21H28N4O2. The van der Waals surface area contributed by atoms with E-state index in [2.05, 4.69) is 45.1 Å². The van der Waals surface area contributed by atoms with Crippen LogP contribution >= 0.6 is 0 Å². The third-order valence-electron chi connectivity index (χ3n) is 6.77. The molecule has 4 aliphatic rings. The smallest absolute Gasteiger partial charge is 0.226 e. The fraction of sp³-hybridized carbons (Fsp3) is 0.619. The topological polar surface area (TPSA) is 54.6 Å². The van der Waals surface area contributed by atoms with Crippen LogP contribution in [0.1, 0.15) is 43.0 Å². The van der Waals surface area contributed by atoms with Gasteiger partial charge in [0.1, 0.15) is 5.75 Å². The van der Waals surface area contributed by atoms with Gasteiger partial charge in [-0.25, -0.2) is 0 Å². The maximum Gasteiger partial charge on any atom is 0.226 e. The summed E-state index contributed by atoms with van der Waals surface area (Å²) in [6.45, 7) is 6.36. The number of aryl methyl sites for hydroxylation is 1. The molecule has 0 unspecified atom stereocenters. The van der Waals surface area contributed by atoms with Crippen molar-refractivity contribution in [2.75, 3.05) is 26.7 Å². The van der Waals surface area contributed by atoms with Crippen molar-refractivity contribution in [3.63, 3.8) is 0 Å². The maximum absolute atomic E-state index is 5.49. The quantitative estimate of drug-likeness (QED) is 0.809. The first-order valence-electron chi connectivity index (χ1n) is 10.2. The largest absolute Gasteiger partial charge is 0.497 e. The minimum atomic E-state index is 0.505. The highest BCUT2D eigenvalue weighted by Gasteiger charge is 2.53. The number of aromatic nitrogens is 2. The van der Waals surface area contributed by atoms with Crippen LogP contribution in [0.4, 0.5) is 0 Å². The lowest BCUT2D eigenvalue weighted by Crippen LogP contribution is -2.60. The number of piperidine rings is 3. The summed E-state index contributed by atoms with van der Waals surface area (Å²) < 4.78 is 10.8. The van der Waals surface area contributed by atoms with E-state index < -0.39 is 0 Å². The third-order valence-corrected chi connectivity index (χ3v) is 6.77. The summed E-state index contributed by atoms with van der Waals surface area (Å²) in [7, 11) is 1.75. The molecule has 27 heavy (non-hydrogen) atoms. The standard InChI is InChI=1S/C21H28N4O2/c1-3-19-22-18(23-27-19)13-25-12-17(15-5-4-6-16(11-15)26-2)21-20(25)14-7-9-24(21)10-8-14/h4-6,11,14,17,20-21H,3,7-10,12-13H2,1-2H3/t17-,20-,21-/m1/s1. The summed E-state index contributed by atoms with van der Waals surface area (Å²) >= 11 is 0. The Balaban J connectivity index is 1.46. The minimum absolute atomic E-state index is 0.505. The van der Waals surface area contributed by atoms with Crippen LogP contribution in [0.15, 0.2) is 28.8 Å². The van der Waals surface area contributed by atoms with Gasteiger partial charge in [0.25, 0.3) is 0 Å². The van der Waals surface area contributed by atoms with Gasteiger partial charge in [-0.05, 0) is 49.5 Å². The van der Waals surface area contributed by atoms with E-state index in [0.717, 1.165) is 42.9 Å². The fourth-order valence-electron chi connectivity index (χ4n) is 5.57. The molecule has 0 spiro atoms. The average molecular weight is 368 g/mol. The van der Waals surface area contributed by atoms with E-state index in [9.17, 15) is 0 Å². The SMILES string of the molecule is CCc1nc(CN2C[C@H](c3cccc(OC)c3)[C@@H]3[C@H]2C2CCN3CC2)no1. The van der Waals surface area contributed by atoms with Crippen LogP contribution in [-0.2, 0) is 13.0 Å². The van der Waals surface area contributed by atoms with Gasteiger partial charge in [0.15, 0.2) is 5.82 Å². The number of rotatable bonds is 5. The molecule has 5 heterocycles. The van der Waals surface area contributed by atoms with Crippen molar-refractivity contribution in [1.29, 1.82) is 0 Å². The molecule has 6 nitrogen and oxygen atoms in total. The number of fused-ring (bicyclic) bond motifs is 2. The molecule has 0 amide bonds. The predicted molar refractivity (Wildman–Crippen MR) is 102 cm³/mol. The highest BCUT2D eigenvalue weighted by molar-refractivity contribution is 5.34. The van der Waals surface area contributed by atoms with Gasteiger partial charge in [-0.1, -0.05) is 24.2 Å². The molecule has 0 saturated carbocycles. The van der Waals surface area contributed by atoms with E-state index in [4.69, 9.17) is 9.26 Å². The lowest BCUT2D eigenvalue weighted by Gasteiger charge is -2.51. The van der Waals surface area contributed by atoms with Crippen LogP contribution in [0.25, 0.3) is 0 Å². The van der Waals surface area contributed by atoms with Gasteiger partial charge in [0.05, 0.1) is 13.7 Å². The van der Waals surface area contributed by atoms with Crippen LogP contribution in [0, 0.1) is 5.92 Å². The van der Waals surface area contributed by atoms with Crippen LogP contribution < -0.4 is 4.74 Å². The van der Waals surface area contributed by atoms with E-state index >= 15 is 0 Å². The zero-order valence-corrected chi connectivity index (χ0v) is 16.2. The molecule has 1 aromatic heterocycles. The van der Waals surface area contributed by atoms with Crippen molar-refractivity contribution in [3.8, 4) is 5.75 Å².